The Balaban J connectivity index is 2.17. The number of carbonyl (C=O) groups is 1. The average molecular weight is 333 g/mol. The third-order valence-electron chi connectivity index (χ3n) is 3.32. The lowest BCUT2D eigenvalue weighted by Crippen LogP contribution is -2.26. The van der Waals surface area contributed by atoms with Gasteiger partial charge in [0.05, 0.1) is 17.1 Å². The summed E-state index contributed by atoms with van der Waals surface area (Å²) >= 11 is 0. The number of hydrogen-bond donors (Lipinski definition) is 0. The molecule has 0 saturated heterocycles. The van der Waals surface area contributed by atoms with E-state index in [1.54, 1.807) is 6.92 Å². The molecule has 2 aromatic carbocycles. The zero-order chi connectivity index (χ0) is 16.9. The maximum Gasteiger partial charge on any atom is 0.338 e. The number of benzene rings is 2. The smallest absolute Gasteiger partial charge is 0.338 e. The molecule has 0 fully saturated rings. The van der Waals surface area contributed by atoms with Crippen LogP contribution in [-0.4, -0.2) is 32.3 Å². The third kappa shape index (κ3) is 4.18. The largest absolute Gasteiger partial charge is 0.462 e. The summed E-state index contributed by atoms with van der Waals surface area (Å²) < 4.78 is 31.3. The molecular formula is C17H19NO4S. The normalized spacial score (nSPS) is 11.4. The van der Waals surface area contributed by atoms with Crippen LogP contribution in [0, 0.1) is 0 Å². The standard InChI is InChI=1S/C17H19NO4S/c1-3-22-17(19)15-9-11-16(12-10-15)23(20,21)18(2)13-14-7-5-4-6-8-14/h4-12H,3,13H2,1-2H3. The fourth-order valence-corrected chi connectivity index (χ4v) is 3.24. The summed E-state index contributed by atoms with van der Waals surface area (Å²) in [6.45, 7) is 2.27. The zero-order valence-electron chi connectivity index (χ0n) is 13.1. The van der Waals surface area contributed by atoms with Gasteiger partial charge in [0.1, 0.15) is 0 Å². The van der Waals surface area contributed by atoms with Gasteiger partial charge in [-0.25, -0.2) is 13.2 Å². The Bertz CT molecular complexity index is 755. The molecule has 0 N–H and O–H groups in total. The summed E-state index contributed by atoms with van der Waals surface area (Å²) in [6.07, 6.45) is 0. The predicted octanol–water partition coefficient (Wildman–Crippen LogP) is 2.68. The summed E-state index contributed by atoms with van der Waals surface area (Å²) in [7, 11) is -2.08. The fourth-order valence-electron chi connectivity index (χ4n) is 2.08. The summed E-state index contributed by atoms with van der Waals surface area (Å²) in [5.74, 6) is -0.464. The molecule has 2 rings (SSSR count). The van der Waals surface area contributed by atoms with Crippen LogP contribution in [0.1, 0.15) is 22.8 Å². The van der Waals surface area contributed by atoms with E-state index in [0.717, 1.165) is 5.56 Å². The van der Waals surface area contributed by atoms with Crippen LogP contribution in [0.25, 0.3) is 0 Å². The van der Waals surface area contributed by atoms with Gasteiger partial charge < -0.3 is 4.74 Å². The molecule has 0 amide bonds. The van der Waals surface area contributed by atoms with Crippen LogP contribution in [0.5, 0.6) is 0 Å². The number of hydrogen-bond acceptors (Lipinski definition) is 4. The quantitative estimate of drug-likeness (QED) is 0.763. The van der Waals surface area contributed by atoms with Gasteiger partial charge >= 0.3 is 5.97 Å². The van der Waals surface area contributed by atoms with Gasteiger partial charge in [-0.05, 0) is 36.8 Å². The minimum atomic E-state index is -3.61. The van der Waals surface area contributed by atoms with Crippen LogP contribution in [0.15, 0.2) is 59.5 Å². The van der Waals surface area contributed by atoms with Gasteiger partial charge in [0.15, 0.2) is 0 Å². The minimum Gasteiger partial charge on any atom is -0.462 e. The maximum atomic E-state index is 12.6. The predicted molar refractivity (Wildman–Crippen MR) is 87.5 cm³/mol. The molecule has 0 aliphatic carbocycles. The molecule has 0 aliphatic rings. The SMILES string of the molecule is CCOC(=O)c1ccc(S(=O)(=O)N(C)Cc2ccccc2)cc1. The van der Waals surface area contributed by atoms with E-state index in [0.29, 0.717) is 5.56 Å². The van der Waals surface area contributed by atoms with Gasteiger partial charge in [-0.15, -0.1) is 0 Å². The molecule has 0 atom stereocenters. The Morgan fingerprint density at radius 2 is 1.65 bits per heavy atom. The highest BCUT2D eigenvalue weighted by atomic mass is 32.2. The topological polar surface area (TPSA) is 63.7 Å². The van der Waals surface area contributed by atoms with Gasteiger partial charge in [-0.2, -0.15) is 4.31 Å². The Hall–Kier alpha value is -2.18. The van der Waals surface area contributed by atoms with Crippen molar-refractivity contribution in [2.45, 2.75) is 18.4 Å². The van der Waals surface area contributed by atoms with E-state index in [-0.39, 0.29) is 18.0 Å². The van der Waals surface area contributed by atoms with Crippen molar-refractivity contribution in [1.29, 1.82) is 0 Å². The third-order valence-corrected chi connectivity index (χ3v) is 5.14. The van der Waals surface area contributed by atoms with Crippen molar-refractivity contribution < 1.29 is 17.9 Å². The minimum absolute atomic E-state index is 0.143. The number of carbonyl (C=O) groups excluding carboxylic acids is 1. The van der Waals surface area contributed by atoms with Crippen LogP contribution in [0.4, 0.5) is 0 Å². The molecule has 0 heterocycles. The number of esters is 1. The molecule has 0 bridgehead atoms. The first-order chi connectivity index (χ1) is 10.9. The van der Waals surface area contributed by atoms with Crippen molar-refractivity contribution in [3.8, 4) is 0 Å². The molecule has 0 aliphatic heterocycles. The first-order valence-corrected chi connectivity index (χ1v) is 8.66. The Labute approximate surface area is 136 Å². The van der Waals surface area contributed by atoms with Gasteiger partial charge in [0.25, 0.3) is 0 Å². The zero-order valence-corrected chi connectivity index (χ0v) is 13.9. The summed E-state index contributed by atoms with van der Waals surface area (Å²) in [5, 5.41) is 0. The molecule has 122 valence electrons. The summed E-state index contributed by atoms with van der Waals surface area (Å²) in [6, 6.07) is 15.1. The van der Waals surface area contributed by atoms with Crippen LogP contribution in [-0.2, 0) is 21.3 Å². The van der Waals surface area contributed by atoms with Gasteiger partial charge in [0, 0.05) is 13.6 Å². The van der Waals surface area contributed by atoms with Gasteiger partial charge in [-0.3, -0.25) is 0 Å². The van der Waals surface area contributed by atoms with Crippen LogP contribution >= 0.6 is 0 Å². The summed E-state index contributed by atoms with van der Waals surface area (Å²) in [4.78, 5) is 11.7. The van der Waals surface area contributed by atoms with Crippen LogP contribution in [0.3, 0.4) is 0 Å². The fraction of sp³-hybridized carbons (Fsp3) is 0.235. The highest BCUT2D eigenvalue weighted by molar-refractivity contribution is 7.89. The molecule has 0 saturated carbocycles. The van der Waals surface area contributed by atoms with E-state index in [1.807, 2.05) is 30.3 Å². The Morgan fingerprint density at radius 1 is 1.04 bits per heavy atom. The first kappa shape index (κ1) is 17.2. The maximum absolute atomic E-state index is 12.6. The van der Waals surface area contributed by atoms with E-state index in [4.69, 9.17) is 4.74 Å². The molecule has 0 unspecified atom stereocenters. The molecule has 6 heteroatoms. The van der Waals surface area contributed by atoms with Crippen molar-refractivity contribution in [1.82, 2.24) is 4.31 Å². The Morgan fingerprint density at radius 3 is 2.22 bits per heavy atom. The second-order valence-electron chi connectivity index (χ2n) is 4.99. The van der Waals surface area contributed by atoms with E-state index in [9.17, 15) is 13.2 Å². The highest BCUT2D eigenvalue weighted by Gasteiger charge is 2.21. The molecule has 0 spiro atoms. The summed E-state index contributed by atoms with van der Waals surface area (Å²) in [5.41, 5.74) is 1.23. The lowest BCUT2D eigenvalue weighted by Gasteiger charge is -2.17. The van der Waals surface area contributed by atoms with E-state index < -0.39 is 16.0 Å². The van der Waals surface area contributed by atoms with E-state index >= 15 is 0 Å². The number of ether oxygens (including phenoxy) is 1. The lowest BCUT2D eigenvalue weighted by atomic mass is 10.2. The van der Waals surface area contributed by atoms with Gasteiger partial charge in [0.2, 0.25) is 10.0 Å². The van der Waals surface area contributed by atoms with Crippen molar-refractivity contribution in [3.63, 3.8) is 0 Å². The Kier molecular flexibility index (Phi) is 5.52. The van der Waals surface area contributed by atoms with E-state index in [1.165, 1.54) is 35.6 Å². The van der Waals surface area contributed by atoms with Crippen molar-refractivity contribution >= 4 is 16.0 Å². The number of sulfonamides is 1. The lowest BCUT2D eigenvalue weighted by molar-refractivity contribution is 0.0526. The number of nitrogens with zero attached hydrogens (tertiary/aromatic N) is 1. The molecule has 0 radical (unpaired) electrons. The molecular weight excluding hydrogens is 314 g/mol. The number of rotatable bonds is 6. The first-order valence-electron chi connectivity index (χ1n) is 7.22. The van der Waals surface area contributed by atoms with E-state index in [2.05, 4.69) is 0 Å². The van der Waals surface area contributed by atoms with Crippen molar-refractivity contribution in [2.24, 2.45) is 0 Å². The van der Waals surface area contributed by atoms with Crippen molar-refractivity contribution in [3.05, 3.63) is 65.7 Å². The molecule has 2 aromatic rings. The van der Waals surface area contributed by atoms with Gasteiger partial charge in [-0.1, -0.05) is 30.3 Å². The average Bonchev–Trinajstić information content (AvgIpc) is 2.56. The molecule has 0 aromatic heterocycles. The second-order valence-corrected chi connectivity index (χ2v) is 7.04. The van der Waals surface area contributed by atoms with Crippen LogP contribution in [0.2, 0.25) is 0 Å². The molecule has 5 nitrogen and oxygen atoms in total. The molecule has 23 heavy (non-hydrogen) atoms. The second kappa shape index (κ2) is 7.39. The van der Waals surface area contributed by atoms with Crippen LogP contribution < -0.4 is 0 Å². The highest BCUT2D eigenvalue weighted by Crippen LogP contribution is 2.17. The van der Waals surface area contributed by atoms with Crippen molar-refractivity contribution in [2.75, 3.05) is 13.7 Å². The monoisotopic (exact) mass is 333 g/mol.